The van der Waals surface area contributed by atoms with Crippen LogP contribution in [-0.2, 0) is 16.1 Å². The van der Waals surface area contributed by atoms with Crippen molar-refractivity contribution in [3.05, 3.63) is 127 Å². The lowest BCUT2D eigenvalue weighted by Crippen LogP contribution is -2.04. The summed E-state index contributed by atoms with van der Waals surface area (Å²) < 4.78 is 14.1. The molecule has 0 radical (unpaired) electrons. The Balaban J connectivity index is -0.000000349. The van der Waals surface area contributed by atoms with Crippen molar-refractivity contribution in [3.63, 3.8) is 0 Å². The molecular formula is C63H108O3. The molecule has 0 atom stereocenters. The van der Waals surface area contributed by atoms with Crippen LogP contribution in [0.5, 0.6) is 5.75 Å². The van der Waals surface area contributed by atoms with Crippen molar-refractivity contribution in [2.24, 2.45) is 32.5 Å². The van der Waals surface area contributed by atoms with Gasteiger partial charge in [-0.3, -0.25) is 0 Å². The summed E-state index contributed by atoms with van der Waals surface area (Å²) in [6.07, 6.45) is 9.73. The molecule has 0 saturated heterocycles. The molecule has 3 heteroatoms. The molecule has 1 heterocycles. The average Bonchev–Trinajstić information content (AvgIpc) is 3.15. The highest BCUT2D eigenvalue weighted by Crippen LogP contribution is 2.36. The Morgan fingerprint density at radius 1 is 0.379 bits per heavy atom. The number of ether oxygens (including phenoxy) is 3. The SMILES string of the molecule is CC(C)(C)C.CC(C)(C)C.CC(C)(C)C.CC(C)(C)C.CC(C)(C)CCC=CCCC(C)(C)C.COC.COC.c1ccc(-c2ccccc2)cc1.c1ccc2c(c1)COc1ccccc1-2. The zero-order valence-electron chi connectivity index (χ0n) is 48.3. The summed E-state index contributed by atoms with van der Waals surface area (Å²) in [5.41, 5.74) is 9.29. The van der Waals surface area contributed by atoms with Crippen LogP contribution in [0.3, 0.4) is 0 Å². The predicted octanol–water partition coefficient (Wildman–Crippen LogP) is 20.5. The summed E-state index contributed by atoms with van der Waals surface area (Å²) in [7, 11) is 6.50. The fourth-order valence-electron chi connectivity index (χ4n) is 4.41. The quantitative estimate of drug-likeness (QED) is 0.187. The van der Waals surface area contributed by atoms with Crippen molar-refractivity contribution >= 4 is 0 Å². The van der Waals surface area contributed by atoms with Crippen LogP contribution in [0.2, 0.25) is 0 Å². The zero-order chi connectivity index (χ0) is 52.3. The smallest absolute Gasteiger partial charge is 0.127 e. The van der Waals surface area contributed by atoms with Crippen LogP contribution >= 0.6 is 0 Å². The Morgan fingerprint density at radius 3 is 0.939 bits per heavy atom. The van der Waals surface area contributed by atoms with Crippen LogP contribution in [0.15, 0.2) is 121 Å². The van der Waals surface area contributed by atoms with Gasteiger partial charge in [-0.15, -0.1) is 0 Å². The molecule has 0 aliphatic carbocycles. The second kappa shape index (κ2) is 36.4. The molecule has 0 bridgehead atoms. The van der Waals surface area contributed by atoms with Gasteiger partial charge in [-0.1, -0.05) is 268 Å². The van der Waals surface area contributed by atoms with Crippen molar-refractivity contribution in [3.8, 4) is 28.0 Å². The standard InChI is InChI=1S/C14H28.C13H10O.C12H10.4C5H12.2C2H6O/c1-13(2,3)11-9-7-8-10-12-14(4,5)6;1-2-6-11-10(5-1)9-14-13-8-4-3-7-12(11)13;1-3-7-11(8-4-1)12-9-5-2-6-10-12;4*1-5(2,3)4;2*1-3-2/h7-8H,9-12H2,1-6H3;1-8H,9H2;1-10H;4*1-4H3;2*1-2H3. The molecular weight excluding hydrogens is 805 g/mol. The van der Waals surface area contributed by atoms with Crippen molar-refractivity contribution in [2.45, 2.75) is 185 Å². The number of benzene rings is 4. The molecule has 0 N–H and O–H groups in total. The first-order chi connectivity index (χ1) is 30.0. The van der Waals surface area contributed by atoms with Crippen LogP contribution in [0.1, 0.15) is 184 Å². The van der Waals surface area contributed by atoms with Gasteiger partial charge in [-0.25, -0.2) is 0 Å². The molecule has 5 rings (SSSR count). The van der Waals surface area contributed by atoms with E-state index in [2.05, 4.69) is 253 Å². The summed E-state index contributed by atoms with van der Waals surface area (Å²) in [5, 5.41) is 0. The largest absolute Gasteiger partial charge is 0.488 e. The maximum Gasteiger partial charge on any atom is 0.127 e. The maximum absolute atomic E-state index is 5.65. The fourth-order valence-corrected chi connectivity index (χ4v) is 4.41. The summed E-state index contributed by atoms with van der Waals surface area (Å²) in [5.74, 6) is 0.992. The summed E-state index contributed by atoms with van der Waals surface area (Å²) >= 11 is 0. The number of allylic oxidation sites excluding steroid dienone is 2. The Hall–Kier alpha value is -3.66. The molecule has 378 valence electrons. The summed E-state index contributed by atoms with van der Waals surface area (Å²) in [6, 6.07) is 37.3. The molecule has 66 heavy (non-hydrogen) atoms. The van der Waals surface area contributed by atoms with Gasteiger partial charge < -0.3 is 14.2 Å². The van der Waals surface area contributed by atoms with Gasteiger partial charge in [0.15, 0.2) is 0 Å². The lowest BCUT2D eigenvalue weighted by Gasteiger charge is -2.20. The summed E-state index contributed by atoms with van der Waals surface area (Å²) in [4.78, 5) is 0. The third-order valence-electron chi connectivity index (χ3n) is 6.75. The van der Waals surface area contributed by atoms with Gasteiger partial charge in [0.2, 0.25) is 0 Å². The van der Waals surface area contributed by atoms with E-state index >= 15 is 0 Å². The predicted molar refractivity (Wildman–Crippen MR) is 301 cm³/mol. The monoisotopic (exact) mass is 913 g/mol. The van der Waals surface area contributed by atoms with Crippen LogP contribution < -0.4 is 4.74 Å². The van der Waals surface area contributed by atoms with E-state index in [0.29, 0.717) is 39.1 Å². The Morgan fingerprint density at radius 2 is 0.636 bits per heavy atom. The molecule has 0 aromatic heterocycles. The highest BCUT2D eigenvalue weighted by atomic mass is 16.5. The molecule has 0 fully saturated rings. The first-order valence-corrected chi connectivity index (χ1v) is 24.3. The number of hydrogen-bond donors (Lipinski definition) is 0. The van der Waals surface area contributed by atoms with Crippen molar-refractivity contribution < 1.29 is 14.2 Å². The minimum absolute atomic E-state index is 0.481. The molecule has 0 unspecified atom stereocenters. The van der Waals surface area contributed by atoms with E-state index in [-0.39, 0.29) is 0 Å². The second-order valence-corrected chi connectivity index (χ2v) is 25.7. The molecule has 4 aromatic rings. The molecule has 0 spiro atoms. The Labute approximate surface area is 413 Å². The minimum Gasteiger partial charge on any atom is -0.488 e. The lowest BCUT2D eigenvalue weighted by atomic mass is 9.89. The Bertz CT molecular complexity index is 1520. The molecule has 1 aliphatic rings. The van der Waals surface area contributed by atoms with Gasteiger partial charge >= 0.3 is 0 Å². The first kappa shape index (κ1) is 68.9. The number of hydrogen-bond acceptors (Lipinski definition) is 3. The number of methoxy groups -OCH3 is 2. The van der Waals surface area contributed by atoms with E-state index < -0.39 is 0 Å². The third-order valence-corrected chi connectivity index (χ3v) is 6.75. The van der Waals surface area contributed by atoms with E-state index in [0.717, 1.165) is 5.75 Å². The number of rotatable bonds is 5. The maximum atomic E-state index is 5.65. The zero-order valence-corrected chi connectivity index (χ0v) is 48.3. The van der Waals surface area contributed by atoms with Gasteiger partial charge in [0.25, 0.3) is 0 Å². The van der Waals surface area contributed by atoms with E-state index in [1.165, 1.54) is 53.5 Å². The van der Waals surface area contributed by atoms with Crippen molar-refractivity contribution in [2.75, 3.05) is 28.4 Å². The van der Waals surface area contributed by atoms with Crippen molar-refractivity contribution in [1.82, 2.24) is 0 Å². The van der Waals surface area contributed by atoms with E-state index in [9.17, 15) is 0 Å². The van der Waals surface area contributed by atoms with Crippen LogP contribution in [-0.4, -0.2) is 28.4 Å². The van der Waals surface area contributed by atoms with Gasteiger partial charge in [0.05, 0.1) is 0 Å². The van der Waals surface area contributed by atoms with E-state index in [4.69, 9.17) is 4.74 Å². The fraction of sp³-hybridized carbons (Fsp3) is 0.587. The van der Waals surface area contributed by atoms with Crippen LogP contribution in [0, 0.1) is 32.5 Å². The minimum atomic E-state index is 0.481. The molecule has 1 aliphatic heterocycles. The number of fused-ring (bicyclic) bond motifs is 3. The number of para-hydroxylation sites is 1. The van der Waals surface area contributed by atoms with Gasteiger partial charge in [0, 0.05) is 34.0 Å². The Kier molecular flexibility index (Phi) is 38.0. The topological polar surface area (TPSA) is 27.7 Å². The van der Waals surface area contributed by atoms with E-state index in [1.807, 2.05) is 30.3 Å². The average molecular weight is 914 g/mol. The lowest BCUT2D eigenvalue weighted by molar-refractivity contribution is 0.277. The van der Waals surface area contributed by atoms with Gasteiger partial charge in [-0.2, -0.15) is 0 Å². The van der Waals surface area contributed by atoms with Gasteiger partial charge in [-0.05, 0) is 86.5 Å². The molecule has 0 saturated carbocycles. The normalized spacial score (nSPS) is 11.5. The third kappa shape index (κ3) is 62.4. The summed E-state index contributed by atoms with van der Waals surface area (Å²) in [6.45, 7) is 49.5. The second-order valence-electron chi connectivity index (χ2n) is 25.7. The van der Waals surface area contributed by atoms with Gasteiger partial charge in [0.1, 0.15) is 12.4 Å². The van der Waals surface area contributed by atoms with Crippen LogP contribution in [0.4, 0.5) is 0 Å². The highest BCUT2D eigenvalue weighted by Gasteiger charge is 2.15. The first-order valence-electron chi connectivity index (χ1n) is 24.3. The molecule has 3 nitrogen and oxygen atoms in total. The highest BCUT2D eigenvalue weighted by molar-refractivity contribution is 5.74. The molecule has 0 amide bonds. The molecule has 4 aromatic carbocycles. The van der Waals surface area contributed by atoms with E-state index in [1.54, 1.807) is 28.4 Å². The van der Waals surface area contributed by atoms with Crippen LogP contribution in [0.25, 0.3) is 22.3 Å². The van der Waals surface area contributed by atoms with Crippen molar-refractivity contribution in [1.29, 1.82) is 0 Å².